The van der Waals surface area contributed by atoms with Crippen molar-refractivity contribution in [1.29, 1.82) is 0 Å². The van der Waals surface area contributed by atoms with E-state index in [9.17, 15) is 0 Å². The first-order chi connectivity index (χ1) is 10.3. The van der Waals surface area contributed by atoms with Crippen molar-refractivity contribution >= 4 is 16.3 Å². The third kappa shape index (κ3) is 4.14. The molecule has 0 atom stereocenters. The van der Waals surface area contributed by atoms with Crippen molar-refractivity contribution in [3.63, 3.8) is 0 Å². The molecular weight excluding hydrogens is 282 g/mol. The van der Waals surface area contributed by atoms with Gasteiger partial charge in [0.05, 0.1) is 18.2 Å². The molecule has 1 aromatic heterocycles. The van der Waals surface area contributed by atoms with Crippen LogP contribution in [0.5, 0.6) is 11.5 Å². The lowest BCUT2D eigenvalue weighted by Crippen LogP contribution is -2.01. The SMILES string of the molecule is CCCOc1ccc(-c2ccc(NC)s2)cc1OCCC. The Labute approximate surface area is 130 Å². The van der Waals surface area contributed by atoms with E-state index in [0.29, 0.717) is 13.2 Å². The molecule has 2 rings (SSSR count). The average Bonchev–Trinajstić information content (AvgIpc) is 3.00. The van der Waals surface area contributed by atoms with Crippen molar-refractivity contribution in [2.24, 2.45) is 0 Å². The molecule has 21 heavy (non-hydrogen) atoms. The fraction of sp³-hybridized carbons (Fsp3) is 0.412. The third-order valence-electron chi connectivity index (χ3n) is 3.00. The normalized spacial score (nSPS) is 10.4. The molecule has 2 aromatic rings. The van der Waals surface area contributed by atoms with Gasteiger partial charge in [-0.3, -0.25) is 0 Å². The molecule has 1 aromatic carbocycles. The van der Waals surface area contributed by atoms with E-state index in [0.717, 1.165) is 34.9 Å². The van der Waals surface area contributed by atoms with Crippen molar-refractivity contribution in [3.05, 3.63) is 30.3 Å². The summed E-state index contributed by atoms with van der Waals surface area (Å²) in [6.45, 7) is 5.63. The van der Waals surface area contributed by atoms with E-state index in [1.807, 2.05) is 13.1 Å². The van der Waals surface area contributed by atoms with Crippen molar-refractivity contribution in [3.8, 4) is 21.9 Å². The minimum atomic E-state index is 0.706. The maximum absolute atomic E-state index is 5.84. The lowest BCUT2D eigenvalue weighted by molar-refractivity contribution is 0.268. The lowest BCUT2D eigenvalue weighted by atomic mass is 10.1. The number of thiophene rings is 1. The number of benzene rings is 1. The average molecular weight is 305 g/mol. The van der Waals surface area contributed by atoms with E-state index in [4.69, 9.17) is 9.47 Å². The fourth-order valence-corrected chi connectivity index (χ4v) is 2.80. The molecule has 114 valence electrons. The summed E-state index contributed by atoms with van der Waals surface area (Å²) in [7, 11) is 1.94. The van der Waals surface area contributed by atoms with Gasteiger partial charge in [0.15, 0.2) is 11.5 Å². The zero-order chi connectivity index (χ0) is 15.1. The van der Waals surface area contributed by atoms with Crippen LogP contribution in [0.1, 0.15) is 26.7 Å². The summed E-state index contributed by atoms with van der Waals surface area (Å²) in [5.41, 5.74) is 1.16. The van der Waals surface area contributed by atoms with Gasteiger partial charge >= 0.3 is 0 Å². The van der Waals surface area contributed by atoms with E-state index >= 15 is 0 Å². The van der Waals surface area contributed by atoms with E-state index < -0.39 is 0 Å². The zero-order valence-electron chi connectivity index (χ0n) is 12.9. The predicted octanol–water partition coefficient (Wildman–Crippen LogP) is 5.03. The maximum atomic E-state index is 5.84. The molecule has 0 aliphatic carbocycles. The van der Waals surface area contributed by atoms with E-state index in [1.165, 1.54) is 4.88 Å². The topological polar surface area (TPSA) is 30.5 Å². The molecule has 1 heterocycles. The van der Waals surface area contributed by atoms with Gasteiger partial charge in [-0.05, 0) is 48.7 Å². The third-order valence-corrected chi connectivity index (χ3v) is 4.16. The molecule has 0 radical (unpaired) electrons. The van der Waals surface area contributed by atoms with Crippen molar-refractivity contribution in [2.45, 2.75) is 26.7 Å². The molecule has 4 heteroatoms. The van der Waals surface area contributed by atoms with Crippen LogP contribution in [-0.2, 0) is 0 Å². The minimum Gasteiger partial charge on any atom is -0.490 e. The molecule has 3 nitrogen and oxygen atoms in total. The summed E-state index contributed by atoms with van der Waals surface area (Å²) >= 11 is 1.73. The van der Waals surface area contributed by atoms with Crippen LogP contribution < -0.4 is 14.8 Å². The molecule has 0 aliphatic rings. The Bertz CT molecular complexity index is 566. The largest absolute Gasteiger partial charge is 0.490 e. The van der Waals surface area contributed by atoms with Crippen LogP contribution in [0.3, 0.4) is 0 Å². The molecule has 0 saturated carbocycles. The highest BCUT2D eigenvalue weighted by Gasteiger charge is 2.09. The number of rotatable bonds is 8. The summed E-state index contributed by atoms with van der Waals surface area (Å²) < 4.78 is 11.6. The van der Waals surface area contributed by atoms with Crippen LogP contribution in [0.15, 0.2) is 30.3 Å². The number of hydrogen-bond donors (Lipinski definition) is 1. The Morgan fingerprint density at radius 3 is 2.29 bits per heavy atom. The van der Waals surface area contributed by atoms with Crippen molar-refractivity contribution in [2.75, 3.05) is 25.6 Å². The van der Waals surface area contributed by atoms with Gasteiger partial charge in [0.25, 0.3) is 0 Å². The van der Waals surface area contributed by atoms with Crippen LogP contribution in [0.2, 0.25) is 0 Å². The molecular formula is C17H23NO2S. The van der Waals surface area contributed by atoms with Gasteiger partial charge in [-0.15, -0.1) is 11.3 Å². The molecule has 0 fully saturated rings. The number of hydrogen-bond acceptors (Lipinski definition) is 4. The molecule has 0 saturated heterocycles. The van der Waals surface area contributed by atoms with Gasteiger partial charge in [0, 0.05) is 11.9 Å². The molecule has 1 N–H and O–H groups in total. The van der Waals surface area contributed by atoms with Gasteiger partial charge in [0.1, 0.15) is 0 Å². The first-order valence-corrected chi connectivity index (χ1v) is 8.27. The monoisotopic (exact) mass is 305 g/mol. The second kappa shape index (κ2) is 7.93. The highest BCUT2D eigenvalue weighted by Crippen LogP contribution is 2.37. The first kappa shape index (κ1) is 15.7. The molecule has 0 bridgehead atoms. The smallest absolute Gasteiger partial charge is 0.161 e. The molecule has 0 unspecified atom stereocenters. The van der Waals surface area contributed by atoms with Crippen molar-refractivity contribution < 1.29 is 9.47 Å². The minimum absolute atomic E-state index is 0.706. The summed E-state index contributed by atoms with van der Waals surface area (Å²) in [5, 5.41) is 4.33. The number of nitrogens with one attached hydrogen (secondary N) is 1. The van der Waals surface area contributed by atoms with Gasteiger partial charge in [0.2, 0.25) is 0 Å². The van der Waals surface area contributed by atoms with Crippen LogP contribution in [0.25, 0.3) is 10.4 Å². The van der Waals surface area contributed by atoms with E-state index in [-0.39, 0.29) is 0 Å². The highest BCUT2D eigenvalue weighted by molar-refractivity contribution is 7.19. The summed E-state index contributed by atoms with van der Waals surface area (Å²) in [5.74, 6) is 1.67. The Balaban J connectivity index is 2.26. The van der Waals surface area contributed by atoms with Crippen LogP contribution in [-0.4, -0.2) is 20.3 Å². The highest BCUT2D eigenvalue weighted by atomic mass is 32.1. The Morgan fingerprint density at radius 2 is 1.67 bits per heavy atom. The van der Waals surface area contributed by atoms with Gasteiger partial charge < -0.3 is 14.8 Å². The van der Waals surface area contributed by atoms with Crippen LogP contribution >= 0.6 is 11.3 Å². The summed E-state index contributed by atoms with van der Waals surface area (Å²) in [6, 6.07) is 10.4. The second-order valence-corrected chi connectivity index (χ2v) is 5.86. The Kier molecular flexibility index (Phi) is 5.93. The van der Waals surface area contributed by atoms with Gasteiger partial charge in [-0.2, -0.15) is 0 Å². The van der Waals surface area contributed by atoms with Gasteiger partial charge in [-0.1, -0.05) is 13.8 Å². The maximum Gasteiger partial charge on any atom is 0.161 e. The lowest BCUT2D eigenvalue weighted by Gasteiger charge is -2.13. The van der Waals surface area contributed by atoms with Crippen LogP contribution in [0.4, 0.5) is 5.00 Å². The molecule has 0 aliphatic heterocycles. The predicted molar refractivity (Wildman–Crippen MR) is 90.9 cm³/mol. The van der Waals surface area contributed by atoms with E-state index in [2.05, 4.69) is 43.4 Å². The van der Waals surface area contributed by atoms with E-state index in [1.54, 1.807) is 11.3 Å². The summed E-state index contributed by atoms with van der Waals surface area (Å²) in [4.78, 5) is 1.22. The van der Waals surface area contributed by atoms with Gasteiger partial charge in [-0.25, -0.2) is 0 Å². The summed E-state index contributed by atoms with van der Waals surface area (Å²) in [6.07, 6.45) is 1.98. The Hall–Kier alpha value is -1.68. The number of ether oxygens (including phenoxy) is 2. The number of anilines is 1. The zero-order valence-corrected chi connectivity index (χ0v) is 13.8. The quantitative estimate of drug-likeness (QED) is 0.741. The molecule has 0 spiro atoms. The van der Waals surface area contributed by atoms with Crippen molar-refractivity contribution in [1.82, 2.24) is 0 Å². The standard InChI is InChI=1S/C17H23NO2S/c1-4-10-19-14-7-6-13(12-15(14)20-11-5-2)16-8-9-17(18-3)21-16/h6-9,12,18H,4-5,10-11H2,1-3H3. The first-order valence-electron chi connectivity index (χ1n) is 7.46. The second-order valence-electron chi connectivity index (χ2n) is 4.77. The molecule has 0 amide bonds. The van der Waals surface area contributed by atoms with Crippen LogP contribution in [0, 0.1) is 0 Å². The Morgan fingerprint density at radius 1 is 0.952 bits per heavy atom. The fourth-order valence-electron chi connectivity index (χ4n) is 1.94.